The minimum Gasteiger partial charge on any atom is -0.328 e. The second kappa shape index (κ2) is 13.0. The van der Waals surface area contributed by atoms with Crippen molar-refractivity contribution in [2.24, 2.45) is 4.99 Å². The number of nitrogens with zero attached hydrogens (tertiary/aromatic N) is 1. The largest absolute Gasteiger partial charge is 0.328 e. The maximum Gasteiger partial charge on any atom is 0.247 e. The van der Waals surface area contributed by atoms with Crippen LogP contribution in [0.15, 0.2) is 58.4 Å². The lowest BCUT2D eigenvalue weighted by Crippen LogP contribution is -2.18. The Morgan fingerprint density at radius 1 is 1.24 bits per heavy atom. The molecule has 2 rings (SSSR count). The van der Waals surface area contributed by atoms with Crippen LogP contribution < -0.4 is 15.6 Å². The van der Waals surface area contributed by atoms with E-state index in [1.54, 1.807) is 11.9 Å². The summed E-state index contributed by atoms with van der Waals surface area (Å²) in [6.07, 6.45) is 5.11. The van der Waals surface area contributed by atoms with Gasteiger partial charge in [0, 0.05) is 36.2 Å². The van der Waals surface area contributed by atoms with E-state index in [2.05, 4.69) is 32.1 Å². The van der Waals surface area contributed by atoms with Crippen molar-refractivity contribution in [3.63, 3.8) is 0 Å². The molecule has 25 heavy (non-hydrogen) atoms. The molecule has 1 aromatic carbocycles. The van der Waals surface area contributed by atoms with E-state index in [0.717, 1.165) is 30.9 Å². The summed E-state index contributed by atoms with van der Waals surface area (Å²) in [4.78, 5) is 27.3. The predicted octanol–water partition coefficient (Wildman–Crippen LogP) is 2.10. The van der Waals surface area contributed by atoms with Crippen molar-refractivity contribution >= 4 is 24.1 Å². The fraction of sp³-hybridized carbons (Fsp3) is 0.278. The Kier molecular flexibility index (Phi) is 10.7. The topological polar surface area (TPSA) is 86.3 Å². The van der Waals surface area contributed by atoms with Crippen LogP contribution in [-0.4, -0.2) is 43.5 Å². The highest BCUT2D eigenvalue weighted by atomic mass is 32.2. The fourth-order valence-electron chi connectivity index (χ4n) is 1.82. The fourth-order valence-corrected chi connectivity index (χ4v) is 2.19. The van der Waals surface area contributed by atoms with E-state index in [-0.39, 0.29) is 5.56 Å². The van der Waals surface area contributed by atoms with Gasteiger partial charge in [-0.15, -0.1) is 0 Å². The van der Waals surface area contributed by atoms with Crippen molar-refractivity contribution < 1.29 is 4.79 Å². The van der Waals surface area contributed by atoms with E-state index >= 15 is 0 Å². The third-order valence-electron chi connectivity index (χ3n) is 3.05. The van der Waals surface area contributed by atoms with Crippen LogP contribution in [-0.2, 0) is 0 Å². The van der Waals surface area contributed by atoms with Gasteiger partial charge in [0.15, 0.2) is 6.29 Å². The monoisotopic (exact) mass is 360 g/mol. The number of nitrogens with one attached hydrogen (secondary N) is 3. The molecule has 0 aliphatic rings. The molecule has 2 aromatic rings. The summed E-state index contributed by atoms with van der Waals surface area (Å²) in [5, 5.41) is 3.12. The molecule has 0 saturated heterocycles. The number of hydrogen-bond donors (Lipinski definition) is 3. The van der Waals surface area contributed by atoms with E-state index in [1.165, 1.54) is 18.3 Å². The van der Waals surface area contributed by atoms with E-state index in [1.807, 2.05) is 31.5 Å². The molecule has 134 valence electrons. The minimum atomic E-state index is -0.194. The minimum absolute atomic E-state index is 0.194. The maximum atomic E-state index is 10.4. The summed E-state index contributed by atoms with van der Waals surface area (Å²) < 4.78 is 3.22. The molecule has 0 aliphatic carbocycles. The van der Waals surface area contributed by atoms with Crippen molar-refractivity contribution in [3.05, 3.63) is 70.1 Å². The van der Waals surface area contributed by atoms with Gasteiger partial charge in [-0.3, -0.25) is 14.6 Å². The lowest BCUT2D eigenvalue weighted by molar-refractivity contribution is 0.112. The first-order valence-corrected chi connectivity index (χ1v) is 9.11. The average Bonchev–Trinajstić information content (AvgIpc) is 2.66. The Morgan fingerprint density at radius 2 is 2.00 bits per heavy atom. The summed E-state index contributed by atoms with van der Waals surface area (Å²) in [5.74, 6) is 0.962. The normalized spacial score (nSPS) is 10.6. The molecule has 1 heterocycles. The Morgan fingerprint density at radius 3 is 2.56 bits per heavy atom. The van der Waals surface area contributed by atoms with Crippen LogP contribution in [0.2, 0.25) is 0 Å². The Balaban J connectivity index is 0.000000293. The van der Waals surface area contributed by atoms with E-state index < -0.39 is 0 Å². The molecule has 0 fully saturated rings. The molecule has 0 unspecified atom stereocenters. The van der Waals surface area contributed by atoms with Gasteiger partial charge in [-0.1, -0.05) is 42.3 Å². The molecule has 6 nitrogen and oxygen atoms in total. The number of aliphatic imine (C=N–C) groups is 1. The van der Waals surface area contributed by atoms with E-state index in [4.69, 9.17) is 0 Å². The van der Waals surface area contributed by atoms with E-state index in [9.17, 15) is 9.59 Å². The van der Waals surface area contributed by atoms with Crippen molar-refractivity contribution in [2.75, 3.05) is 26.4 Å². The summed E-state index contributed by atoms with van der Waals surface area (Å²) in [6.45, 7) is 1.85. The van der Waals surface area contributed by atoms with Crippen LogP contribution in [0.5, 0.6) is 0 Å². The number of amidine groups is 1. The van der Waals surface area contributed by atoms with Crippen molar-refractivity contribution in [3.8, 4) is 0 Å². The molecule has 0 aliphatic heterocycles. The molecule has 3 N–H and O–H groups in total. The molecule has 0 bridgehead atoms. The quantitative estimate of drug-likeness (QED) is 0.231. The van der Waals surface area contributed by atoms with Crippen molar-refractivity contribution in [2.45, 2.75) is 6.42 Å². The van der Waals surface area contributed by atoms with Crippen LogP contribution in [0.1, 0.15) is 22.3 Å². The van der Waals surface area contributed by atoms with Crippen molar-refractivity contribution in [1.82, 2.24) is 15.0 Å². The molecule has 0 amide bonds. The number of aldehydes is 1. The number of carbonyl (C=O) groups excluding carboxylic acids is 1. The van der Waals surface area contributed by atoms with Gasteiger partial charge in [0.05, 0.1) is 0 Å². The first-order chi connectivity index (χ1) is 12.2. The molecular formula is C18H24N4O2S. The summed E-state index contributed by atoms with van der Waals surface area (Å²) in [5.41, 5.74) is 1.43. The van der Waals surface area contributed by atoms with Crippen LogP contribution in [0.3, 0.4) is 0 Å². The Hall–Kier alpha value is -2.38. The second-order valence-corrected chi connectivity index (χ2v) is 5.58. The second-order valence-electron chi connectivity index (χ2n) is 4.96. The average molecular weight is 360 g/mol. The SMILES string of the molecule is CNCCCN=C(NSC)c1ccccc1.O=Cc1ccc(=O)[nH]c1. The number of pyridine rings is 1. The third kappa shape index (κ3) is 8.88. The number of carbonyl (C=O) groups is 1. The number of aromatic amines is 1. The number of H-pyrrole nitrogens is 1. The first kappa shape index (κ1) is 20.7. The van der Waals surface area contributed by atoms with Gasteiger partial charge in [0.2, 0.25) is 5.56 Å². The molecule has 0 atom stereocenters. The molecule has 0 saturated carbocycles. The van der Waals surface area contributed by atoms with Gasteiger partial charge in [-0.25, -0.2) is 0 Å². The maximum absolute atomic E-state index is 10.4. The molecule has 1 aromatic heterocycles. The zero-order chi connectivity index (χ0) is 18.3. The predicted molar refractivity (Wildman–Crippen MR) is 105 cm³/mol. The highest BCUT2D eigenvalue weighted by Crippen LogP contribution is 2.02. The van der Waals surface area contributed by atoms with Gasteiger partial charge in [-0.2, -0.15) is 0 Å². The summed E-state index contributed by atoms with van der Waals surface area (Å²) in [6, 6.07) is 13.0. The smallest absolute Gasteiger partial charge is 0.247 e. The molecule has 7 heteroatoms. The van der Waals surface area contributed by atoms with E-state index in [0.29, 0.717) is 11.8 Å². The number of hydrogen-bond acceptors (Lipinski definition) is 5. The molecule has 0 radical (unpaired) electrons. The highest BCUT2D eigenvalue weighted by Gasteiger charge is 2.00. The Bertz CT molecular complexity index is 681. The zero-order valence-corrected chi connectivity index (χ0v) is 15.3. The van der Waals surface area contributed by atoms with Crippen LogP contribution >= 0.6 is 11.9 Å². The lowest BCUT2D eigenvalue weighted by atomic mass is 10.2. The summed E-state index contributed by atoms with van der Waals surface area (Å²) in [7, 11) is 1.96. The van der Waals surface area contributed by atoms with Gasteiger partial charge in [0.25, 0.3) is 0 Å². The van der Waals surface area contributed by atoms with Crippen LogP contribution in [0.25, 0.3) is 0 Å². The molecular weight excluding hydrogens is 336 g/mol. The van der Waals surface area contributed by atoms with Gasteiger partial charge in [-0.05, 0) is 26.1 Å². The first-order valence-electron chi connectivity index (χ1n) is 7.88. The zero-order valence-electron chi connectivity index (χ0n) is 14.5. The Labute approximate surface area is 152 Å². The van der Waals surface area contributed by atoms with Gasteiger partial charge < -0.3 is 15.0 Å². The van der Waals surface area contributed by atoms with Crippen LogP contribution in [0.4, 0.5) is 0 Å². The third-order valence-corrected chi connectivity index (χ3v) is 3.44. The van der Waals surface area contributed by atoms with Crippen LogP contribution in [0, 0.1) is 0 Å². The standard InChI is InChI=1S/C12H19N3S.C6H5NO2/c1-13-9-6-10-14-12(15-16-2)11-7-4-3-5-8-11;8-4-5-1-2-6(9)7-3-5/h3-5,7-8,13H,6,9-10H2,1-2H3,(H,14,15);1-4H,(H,7,9). The highest BCUT2D eigenvalue weighted by molar-refractivity contribution is 7.97. The van der Waals surface area contributed by atoms with Gasteiger partial charge in [0.1, 0.15) is 5.84 Å². The number of aromatic nitrogens is 1. The number of benzene rings is 1. The lowest BCUT2D eigenvalue weighted by Gasteiger charge is -2.07. The van der Waals surface area contributed by atoms with Crippen molar-refractivity contribution in [1.29, 1.82) is 0 Å². The summed E-state index contributed by atoms with van der Waals surface area (Å²) >= 11 is 1.57. The number of rotatable bonds is 7. The molecule has 0 spiro atoms. The van der Waals surface area contributed by atoms with Gasteiger partial charge >= 0.3 is 0 Å².